The molecule has 2 saturated heterocycles. The van der Waals surface area contributed by atoms with Gasteiger partial charge in [-0.1, -0.05) is 18.2 Å². The van der Waals surface area contributed by atoms with Gasteiger partial charge in [-0.25, -0.2) is 0 Å². The topological polar surface area (TPSA) is 54.3 Å². The summed E-state index contributed by atoms with van der Waals surface area (Å²) in [6, 6.07) is 10.8. The van der Waals surface area contributed by atoms with Crippen LogP contribution in [-0.2, 0) is 0 Å². The second-order valence-electron chi connectivity index (χ2n) is 8.08. The number of pyridine rings is 1. The zero-order chi connectivity index (χ0) is 18.4. The van der Waals surface area contributed by atoms with Gasteiger partial charge >= 0.3 is 0 Å². The summed E-state index contributed by atoms with van der Waals surface area (Å²) in [5, 5.41) is 4.07. The molecule has 4 rings (SSSR count). The smallest absolute Gasteiger partial charge is 0.264 e. The minimum absolute atomic E-state index is 0.000625. The lowest BCUT2D eigenvalue weighted by Gasteiger charge is -2.36. The third kappa shape index (κ3) is 2.84. The summed E-state index contributed by atoms with van der Waals surface area (Å²) in [5.74, 6) is -0.232. The highest BCUT2D eigenvalue weighted by Crippen LogP contribution is 2.34. The van der Waals surface area contributed by atoms with E-state index in [0.29, 0.717) is 12.1 Å². The van der Waals surface area contributed by atoms with Crippen LogP contribution in [0.3, 0.4) is 0 Å². The van der Waals surface area contributed by atoms with Crippen LogP contribution in [0.2, 0.25) is 0 Å². The lowest BCUT2D eigenvalue weighted by molar-refractivity contribution is 0.0880. The second kappa shape index (κ2) is 6.54. The Morgan fingerprint density at radius 1 is 1.15 bits per heavy atom. The molecule has 3 heterocycles. The van der Waals surface area contributed by atoms with Gasteiger partial charge in [-0.15, -0.1) is 0 Å². The molecule has 2 aliphatic heterocycles. The lowest BCUT2D eigenvalue weighted by Crippen LogP contribution is -2.49. The molecule has 5 heteroatoms. The SMILES string of the molecule is CC(C)n1c(=O)c(C(=O)NC2C[C@H]3CC[C@@H](C2)N3C)cc2ccccc21. The largest absolute Gasteiger partial charge is 0.349 e. The van der Waals surface area contributed by atoms with E-state index in [4.69, 9.17) is 0 Å². The number of hydrogen-bond acceptors (Lipinski definition) is 3. The molecule has 5 nitrogen and oxygen atoms in total. The normalized spacial score (nSPS) is 25.8. The van der Waals surface area contributed by atoms with Crippen molar-refractivity contribution in [1.29, 1.82) is 0 Å². The molecule has 1 N–H and O–H groups in total. The first-order valence-corrected chi connectivity index (χ1v) is 9.62. The van der Waals surface area contributed by atoms with Crippen LogP contribution in [0.1, 0.15) is 55.9 Å². The van der Waals surface area contributed by atoms with Gasteiger partial charge in [0.05, 0.1) is 5.52 Å². The molecule has 0 saturated carbocycles. The molecular weight excluding hydrogens is 326 g/mol. The number of piperidine rings is 1. The zero-order valence-electron chi connectivity index (χ0n) is 15.7. The molecule has 2 aromatic rings. The summed E-state index contributed by atoms with van der Waals surface area (Å²) in [7, 11) is 2.19. The van der Waals surface area contributed by atoms with Crippen LogP contribution < -0.4 is 10.9 Å². The van der Waals surface area contributed by atoms with Crippen molar-refractivity contribution in [2.75, 3.05) is 7.05 Å². The maximum absolute atomic E-state index is 13.0. The molecule has 2 bridgehead atoms. The van der Waals surface area contributed by atoms with E-state index in [-0.39, 0.29) is 29.1 Å². The minimum Gasteiger partial charge on any atom is -0.349 e. The number of carbonyl (C=O) groups is 1. The van der Waals surface area contributed by atoms with Crippen molar-refractivity contribution >= 4 is 16.8 Å². The lowest BCUT2D eigenvalue weighted by atomic mass is 9.97. The molecule has 3 atom stereocenters. The maximum Gasteiger partial charge on any atom is 0.264 e. The summed E-state index contributed by atoms with van der Waals surface area (Å²) >= 11 is 0. The summed E-state index contributed by atoms with van der Waals surface area (Å²) in [6.45, 7) is 3.95. The third-order valence-corrected chi connectivity index (χ3v) is 6.14. The number of aromatic nitrogens is 1. The van der Waals surface area contributed by atoms with E-state index in [1.807, 2.05) is 38.1 Å². The number of nitrogens with one attached hydrogen (secondary N) is 1. The van der Waals surface area contributed by atoms with Crippen molar-refractivity contribution in [3.8, 4) is 0 Å². The van der Waals surface area contributed by atoms with Gasteiger partial charge in [0.15, 0.2) is 0 Å². The highest BCUT2D eigenvalue weighted by atomic mass is 16.2. The summed E-state index contributed by atoms with van der Waals surface area (Å²) in [6.07, 6.45) is 4.38. The van der Waals surface area contributed by atoms with Crippen molar-refractivity contribution in [3.63, 3.8) is 0 Å². The van der Waals surface area contributed by atoms with Crippen molar-refractivity contribution in [2.45, 2.75) is 63.7 Å². The Balaban J connectivity index is 1.65. The Morgan fingerprint density at radius 2 is 1.81 bits per heavy atom. The van der Waals surface area contributed by atoms with Crippen LogP contribution >= 0.6 is 0 Å². The van der Waals surface area contributed by atoms with E-state index >= 15 is 0 Å². The molecule has 0 spiro atoms. The van der Waals surface area contributed by atoms with Crippen LogP contribution in [0.25, 0.3) is 10.9 Å². The maximum atomic E-state index is 13.0. The van der Waals surface area contributed by atoms with E-state index in [0.717, 1.165) is 23.7 Å². The van der Waals surface area contributed by atoms with Gasteiger partial charge in [0.1, 0.15) is 5.56 Å². The van der Waals surface area contributed by atoms with Gasteiger partial charge in [-0.05, 0) is 64.1 Å². The van der Waals surface area contributed by atoms with Crippen molar-refractivity contribution in [2.24, 2.45) is 0 Å². The Morgan fingerprint density at radius 3 is 2.46 bits per heavy atom. The zero-order valence-corrected chi connectivity index (χ0v) is 15.7. The predicted molar refractivity (Wildman–Crippen MR) is 104 cm³/mol. The summed E-state index contributed by atoms with van der Waals surface area (Å²) in [5.41, 5.74) is 0.928. The number of nitrogens with zero attached hydrogens (tertiary/aromatic N) is 2. The van der Waals surface area contributed by atoms with Crippen molar-refractivity contribution in [1.82, 2.24) is 14.8 Å². The molecular formula is C21H27N3O2. The number of para-hydroxylation sites is 1. The first-order chi connectivity index (χ1) is 12.5. The fourth-order valence-electron chi connectivity index (χ4n) is 4.75. The fourth-order valence-corrected chi connectivity index (χ4v) is 4.75. The number of rotatable bonds is 3. The first-order valence-electron chi connectivity index (χ1n) is 9.62. The van der Waals surface area contributed by atoms with Crippen LogP contribution in [-0.4, -0.2) is 40.5 Å². The Hall–Kier alpha value is -2.14. The predicted octanol–water partition coefficient (Wildman–Crippen LogP) is 2.94. The molecule has 0 aliphatic carbocycles. The number of benzene rings is 1. The summed E-state index contributed by atoms with van der Waals surface area (Å²) < 4.78 is 1.72. The van der Waals surface area contributed by atoms with E-state index in [2.05, 4.69) is 17.3 Å². The number of hydrogen-bond donors (Lipinski definition) is 1. The van der Waals surface area contributed by atoms with E-state index in [1.165, 1.54) is 12.8 Å². The van der Waals surface area contributed by atoms with E-state index in [1.54, 1.807) is 10.6 Å². The highest BCUT2D eigenvalue weighted by molar-refractivity contribution is 5.97. The number of amides is 1. The Kier molecular flexibility index (Phi) is 4.35. The molecule has 0 radical (unpaired) electrons. The Labute approximate surface area is 154 Å². The molecule has 2 aliphatic rings. The van der Waals surface area contributed by atoms with Crippen LogP contribution in [0.15, 0.2) is 35.1 Å². The van der Waals surface area contributed by atoms with Gasteiger partial charge in [0, 0.05) is 24.2 Å². The number of fused-ring (bicyclic) bond motifs is 3. The van der Waals surface area contributed by atoms with Gasteiger partial charge < -0.3 is 14.8 Å². The molecule has 1 aromatic carbocycles. The van der Waals surface area contributed by atoms with E-state index < -0.39 is 0 Å². The van der Waals surface area contributed by atoms with Crippen LogP contribution in [0, 0.1) is 0 Å². The number of carbonyl (C=O) groups excluding carboxylic acids is 1. The standard InChI is InChI=1S/C21H27N3O2/c1-13(2)24-19-7-5-4-6-14(19)10-18(21(24)26)20(25)22-15-11-16-8-9-17(12-15)23(16)3/h4-7,10,13,15-17H,8-9,11-12H2,1-3H3,(H,22,25)/t15?,16-,17+. The monoisotopic (exact) mass is 353 g/mol. The van der Waals surface area contributed by atoms with Gasteiger partial charge in [0.2, 0.25) is 0 Å². The first kappa shape index (κ1) is 17.3. The Bertz CT molecular complexity index is 888. The third-order valence-electron chi connectivity index (χ3n) is 6.14. The average molecular weight is 353 g/mol. The van der Waals surface area contributed by atoms with Crippen LogP contribution in [0.4, 0.5) is 0 Å². The van der Waals surface area contributed by atoms with Gasteiger partial charge in [0.25, 0.3) is 11.5 Å². The molecule has 1 aromatic heterocycles. The highest BCUT2D eigenvalue weighted by Gasteiger charge is 2.39. The van der Waals surface area contributed by atoms with Gasteiger partial charge in [-0.2, -0.15) is 0 Å². The second-order valence-corrected chi connectivity index (χ2v) is 8.08. The minimum atomic E-state index is -0.232. The molecule has 138 valence electrons. The molecule has 1 amide bonds. The summed E-state index contributed by atoms with van der Waals surface area (Å²) in [4.78, 5) is 28.4. The quantitative estimate of drug-likeness (QED) is 0.923. The van der Waals surface area contributed by atoms with Gasteiger partial charge in [-0.3, -0.25) is 9.59 Å². The van der Waals surface area contributed by atoms with Crippen molar-refractivity contribution < 1.29 is 4.79 Å². The molecule has 26 heavy (non-hydrogen) atoms. The fraction of sp³-hybridized carbons (Fsp3) is 0.524. The molecule has 1 unspecified atom stereocenters. The van der Waals surface area contributed by atoms with E-state index in [9.17, 15) is 9.59 Å². The van der Waals surface area contributed by atoms with Crippen LogP contribution in [0.5, 0.6) is 0 Å². The molecule has 2 fully saturated rings. The van der Waals surface area contributed by atoms with Crippen molar-refractivity contribution in [3.05, 3.63) is 46.2 Å². The average Bonchev–Trinajstić information content (AvgIpc) is 2.82.